The Kier molecular flexibility index (Phi) is 48.0. The van der Waals surface area contributed by atoms with Crippen LogP contribution in [0, 0.1) is 0 Å². The number of amides is 1. The first-order chi connectivity index (χ1) is 33.0. The molecule has 0 spiro atoms. The van der Waals surface area contributed by atoms with Gasteiger partial charge < -0.3 is 19.8 Å². The summed E-state index contributed by atoms with van der Waals surface area (Å²) in [4.78, 5) is 23.2. The zero-order chi connectivity index (χ0) is 49.9. The molecule has 3 N–H and O–H groups in total. The Balaban J connectivity index is 4.05. The smallest absolute Gasteiger partial charge is 0.387 e. The molecule has 0 rings (SSSR count). The van der Waals surface area contributed by atoms with Crippen LogP contribution in [0.5, 0.6) is 0 Å². The average molecular weight is 972 g/mol. The second-order valence-corrected chi connectivity index (χ2v) is 21.4. The van der Waals surface area contributed by atoms with E-state index in [-0.39, 0.29) is 19.1 Å². The number of aliphatic hydroxyl groups excluding tert-OH is 1. The van der Waals surface area contributed by atoms with Gasteiger partial charge in [0.05, 0.1) is 39.9 Å². The number of carbonyl (C=O) groups is 1. The Morgan fingerprint density at radius 1 is 0.515 bits per heavy atom. The number of unbranched alkanes of at least 4 members (excludes halogenated alkanes) is 25. The molecular weight excluding hydrogens is 864 g/mol. The van der Waals surface area contributed by atoms with Crippen LogP contribution in [0.25, 0.3) is 0 Å². The third-order valence-corrected chi connectivity index (χ3v) is 13.1. The van der Waals surface area contributed by atoms with E-state index < -0.39 is 20.0 Å². The summed E-state index contributed by atoms with van der Waals surface area (Å²) >= 11 is 0. The first kappa shape index (κ1) is 65.7. The van der Waals surface area contributed by atoms with Crippen LogP contribution in [-0.2, 0) is 18.4 Å². The molecule has 68 heavy (non-hydrogen) atoms. The van der Waals surface area contributed by atoms with Crippen LogP contribution in [0.1, 0.15) is 232 Å². The van der Waals surface area contributed by atoms with Gasteiger partial charge in [0.25, 0.3) is 0 Å². The molecule has 0 aromatic heterocycles. The lowest BCUT2D eigenvalue weighted by Crippen LogP contribution is -2.45. The highest BCUT2D eigenvalue weighted by Gasteiger charge is 2.27. The number of hydrogen-bond donors (Lipinski definition) is 3. The number of aliphatic hydroxyl groups is 1. The lowest BCUT2D eigenvalue weighted by molar-refractivity contribution is -0.870. The van der Waals surface area contributed by atoms with Gasteiger partial charge in [-0.2, -0.15) is 0 Å². The minimum absolute atomic E-state index is 0.0516. The first-order valence-corrected chi connectivity index (χ1v) is 29.5. The molecule has 0 aromatic rings. The van der Waals surface area contributed by atoms with Crippen molar-refractivity contribution in [1.29, 1.82) is 0 Å². The van der Waals surface area contributed by atoms with E-state index >= 15 is 0 Å². The van der Waals surface area contributed by atoms with Gasteiger partial charge in [0.2, 0.25) is 5.91 Å². The van der Waals surface area contributed by atoms with Crippen LogP contribution in [0.15, 0.2) is 85.1 Å². The van der Waals surface area contributed by atoms with E-state index in [0.29, 0.717) is 17.4 Å². The number of likely N-dealkylation sites (N-methyl/N-ethyl adjacent to an activating group) is 1. The van der Waals surface area contributed by atoms with Crippen LogP contribution >= 0.6 is 7.82 Å². The summed E-state index contributed by atoms with van der Waals surface area (Å²) in [6.45, 7) is 4.64. The highest BCUT2D eigenvalue weighted by atomic mass is 31.2. The van der Waals surface area contributed by atoms with E-state index in [1.54, 1.807) is 6.08 Å². The number of allylic oxidation sites excluding steroid dienone is 13. The van der Waals surface area contributed by atoms with Crippen LogP contribution < -0.4 is 5.32 Å². The van der Waals surface area contributed by atoms with Crippen molar-refractivity contribution in [2.45, 2.75) is 244 Å². The zero-order valence-electron chi connectivity index (χ0n) is 44.8. The van der Waals surface area contributed by atoms with Crippen LogP contribution in [0.2, 0.25) is 0 Å². The monoisotopic (exact) mass is 972 g/mol. The molecular formula is C59H108N2O6P+. The van der Waals surface area contributed by atoms with Crippen molar-refractivity contribution >= 4 is 13.7 Å². The number of hydrogen-bond acceptors (Lipinski definition) is 5. The molecule has 0 aliphatic carbocycles. The zero-order valence-corrected chi connectivity index (χ0v) is 45.7. The Hall–Kier alpha value is -2.32. The molecule has 0 radical (unpaired) electrons. The fourth-order valence-electron chi connectivity index (χ4n) is 7.71. The summed E-state index contributed by atoms with van der Waals surface area (Å²) in [5.41, 5.74) is 0. The van der Waals surface area contributed by atoms with Crippen molar-refractivity contribution in [2.75, 3.05) is 40.9 Å². The largest absolute Gasteiger partial charge is 0.472 e. The Morgan fingerprint density at radius 2 is 0.897 bits per heavy atom. The molecule has 0 saturated heterocycles. The standard InChI is InChI=1S/C59H107N2O6P/c1-6-8-10-12-14-16-18-20-21-22-23-24-25-26-27-28-29-30-31-32-33-34-35-36-37-38-39-41-43-45-47-49-51-53-59(63)60-57(56-67-68(64,65)66-55-54-61(3,4)5)58(62)52-50-48-46-44-42-40-19-17-15-13-11-9-7-2/h8,10,14-17,20-21,23-24,42,44,50,52,57-58,62H,6-7,9,11-13,18-19,22,25-41,43,45-49,51,53-56H2,1-5H3,(H-,60,63,64,65)/p+1/b10-8-,16-14-,17-15+,21-20-,24-23-,44-42+,52-50+. The third-order valence-electron chi connectivity index (χ3n) is 12.1. The molecule has 9 heteroatoms. The van der Waals surface area contributed by atoms with Crippen molar-refractivity contribution in [2.24, 2.45) is 0 Å². The van der Waals surface area contributed by atoms with Crippen molar-refractivity contribution in [3.05, 3.63) is 85.1 Å². The van der Waals surface area contributed by atoms with Gasteiger partial charge in [0.1, 0.15) is 13.2 Å². The summed E-state index contributed by atoms with van der Waals surface area (Å²) < 4.78 is 23.6. The van der Waals surface area contributed by atoms with Crippen LogP contribution in [0.3, 0.4) is 0 Å². The minimum atomic E-state index is -4.36. The van der Waals surface area contributed by atoms with Crippen LogP contribution in [-0.4, -0.2) is 73.4 Å². The summed E-state index contributed by atoms with van der Waals surface area (Å²) in [5.74, 6) is -0.192. The molecule has 0 aromatic carbocycles. The van der Waals surface area contributed by atoms with Crippen LogP contribution in [0.4, 0.5) is 0 Å². The van der Waals surface area contributed by atoms with Gasteiger partial charge in [-0.15, -0.1) is 0 Å². The molecule has 0 bridgehead atoms. The second-order valence-electron chi connectivity index (χ2n) is 19.9. The minimum Gasteiger partial charge on any atom is -0.387 e. The number of phosphoric ester groups is 1. The summed E-state index contributed by atoms with van der Waals surface area (Å²) in [6.07, 6.45) is 69.8. The SMILES string of the molecule is CC/C=C\C/C=C\C/C=C\C/C=C\CCCCCCCCCCCCCCCCCCCCCCC(=O)NC(COP(=O)(O)OCC[N+](C)(C)C)C(O)/C=C/CC/C=C/CC/C=C/CCCCC. The van der Waals surface area contributed by atoms with Crippen molar-refractivity contribution in [1.82, 2.24) is 5.32 Å². The highest BCUT2D eigenvalue weighted by Crippen LogP contribution is 2.43. The number of phosphoric acid groups is 1. The molecule has 3 atom stereocenters. The van der Waals surface area contributed by atoms with Crippen molar-refractivity contribution in [3.8, 4) is 0 Å². The lowest BCUT2D eigenvalue weighted by Gasteiger charge is -2.25. The Morgan fingerprint density at radius 3 is 1.35 bits per heavy atom. The van der Waals surface area contributed by atoms with Gasteiger partial charge in [0.15, 0.2) is 0 Å². The number of nitrogens with zero attached hydrogens (tertiary/aromatic N) is 1. The number of nitrogens with one attached hydrogen (secondary N) is 1. The van der Waals surface area contributed by atoms with E-state index in [4.69, 9.17) is 9.05 Å². The maximum absolute atomic E-state index is 12.9. The van der Waals surface area contributed by atoms with Crippen molar-refractivity contribution < 1.29 is 32.9 Å². The molecule has 0 aliphatic heterocycles. The van der Waals surface area contributed by atoms with E-state index in [0.717, 1.165) is 77.0 Å². The van der Waals surface area contributed by atoms with Crippen molar-refractivity contribution in [3.63, 3.8) is 0 Å². The van der Waals surface area contributed by atoms with Gasteiger partial charge in [-0.25, -0.2) is 4.57 Å². The Labute approximate surface area is 420 Å². The lowest BCUT2D eigenvalue weighted by atomic mass is 10.0. The van der Waals surface area contributed by atoms with E-state index in [9.17, 15) is 19.4 Å². The van der Waals surface area contributed by atoms with E-state index in [1.807, 2.05) is 27.2 Å². The predicted octanol–water partition coefficient (Wildman–Crippen LogP) is 16.9. The molecule has 3 unspecified atom stereocenters. The number of carbonyl (C=O) groups excluding carboxylic acids is 1. The molecule has 1 amide bonds. The van der Waals surface area contributed by atoms with Gasteiger partial charge in [-0.05, 0) is 83.5 Å². The maximum atomic E-state index is 12.9. The van der Waals surface area contributed by atoms with Gasteiger partial charge in [-0.3, -0.25) is 13.8 Å². The summed E-state index contributed by atoms with van der Waals surface area (Å²) in [6, 6.07) is -0.871. The molecule has 0 fully saturated rings. The highest BCUT2D eigenvalue weighted by molar-refractivity contribution is 7.47. The maximum Gasteiger partial charge on any atom is 0.472 e. The molecule has 0 aliphatic rings. The normalized spacial score (nSPS) is 14.6. The molecule has 0 saturated carbocycles. The Bertz CT molecular complexity index is 1380. The molecule has 8 nitrogen and oxygen atoms in total. The van der Waals surface area contributed by atoms with Gasteiger partial charge >= 0.3 is 7.82 Å². The fraction of sp³-hybridized carbons (Fsp3) is 0.746. The van der Waals surface area contributed by atoms with E-state index in [1.165, 1.54) is 135 Å². The number of quaternary nitrogens is 1. The third kappa shape index (κ3) is 51.5. The first-order valence-electron chi connectivity index (χ1n) is 28.0. The van der Waals surface area contributed by atoms with E-state index in [2.05, 4.69) is 92.1 Å². The average Bonchev–Trinajstić information content (AvgIpc) is 3.30. The fourth-order valence-corrected chi connectivity index (χ4v) is 8.45. The summed E-state index contributed by atoms with van der Waals surface area (Å²) in [5, 5.41) is 13.8. The van der Waals surface area contributed by atoms with Gasteiger partial charge in [-0.1, -0.05) is 227 Å². The predicted molar refractivity (Wildman–Crippen MR) is 295 cm³/mol. The van der Waals surface area contributed by atoms with Gasteiger partial charge in [0, 0.05) is 6.42 Å². The molecule has 394 valence electrons. The topological polar surface area (TPSA) is 105 Å². The molecule has 0 heterocycles. The number of rotatable bonds is 50. The quantitative estimate of drug-likeness (QED) is 0.0243. The summed E-state index contributed by atoms with van der Waals surface area (Å²) in [7, 11) is 1.54. The second kappa shape index (κ2) is 49.7.